The van der Waals surface area contributed by atoms with E-state index in [1.165, 1.54) is 5.56 Å². The highest BCUT2D eigenvalue weighted by Gasteiger charge is 2.25. The third-order valence-electron chi connectivity index (χ3n) is 5.13. The number of aryl methyl sites for hydroxylation is 1. The molecule has 1 saturated heterocycles. The number of nitrogens with one attached hydrogen (secondary N) is 1. The Morgan fingerprint density at radius 2 is 2.04 bits per heavy atom. The van der Waals surface area contributed by atoms with Crippen LogP contribution in [0.4, 0.5) is 5.82 Å². The normalized spacial score (nSPS) is 15.2. The molecular weight excluding hydrogens is 336 g/mol. The van der Waals surface area contributed by atoms with E-state index in [9.17, 15) is 4.79 Å². The van der Waals surface area contributed by atoms with Crippen LogP contribution in [0.3, 0.4) is 0 Å². The fraction of sp³-hybridized carbons (Fsp3) is 0.500. The maximum absolute atomic E-state index is 12.3. The summed E-state index contributed by atoms with van der Waals surface area (Å²) >= 11 is 0. The van der Waals surface area contributed by atoms with Crippen LogP contribution >= 0.6 is 0 Å². The van der Waals surface area contributed by atoms with Crippen molar-refractivity contribution in [2.24, 2.45) is 11.8 Å². The summed E-state index contributed by atoms with van der Waals surface area (Å²) in [6.45, 7) is 8.92. The van der Waals surface area contributed by atoms with Gasteiger partial charge in [0.25, 0.3) is 0 Å². The van der Waals surface area contributed by atoms with E-state index in [2.05, 4.69) is 48.1 Å². The molecule has 0 radical (unpaired) electrons. The van der Waals surface area contributed by atoms with E-state index >= 15 is 0 Å². The lowest BCUT2D eigenvalue weighted by atomic mass is 9.95. The highest BCUT2D eigenvalue weighted by atomic mass is 16.1. The fourth-order valence-electron chi connectivity index (χ4n) is 3.45. The van der Waals surface area contributed by atoms with E-state index in [0.29, 0.717) is 5.92 Å². The molecule has 27 heavy (non-hydrogen) atoms. The number of piperidine rings is 1. The van der Waals surface area contributed by atoms with Crippen molar-refractivity contribution in [1.82, 2.24) is 15.3 Å². The zero-order valence-electron chi connectivity index (χ0n) is 16.6. The van der Waals surface area contributed by atoms with Crippen molar-refractivity contribution < 1.29 is 4.79 Å². The smallest absolute Gasteiger partial charge is 0.223 e. The Kier molecular flexibility index (Phi) is 6.43. The van der Waals surface area contributed by atoms with Crippen molar-refractivity contribution in [3.05, 3.63) is 42.1 Å². The van der Waals surface area contributed by atoms with Crippen LogP contribution in [0.2, 0.25) is 0 Å². The summed E-state index contributed by atoms with van der Waals surface area (Å²) in [6.07, 6.45) is 4.60. The number of hydrogen-bond donors (Lipinski definition) is 1. The maximum atomic E-state index is 12.3. The van der Waals surface area contributed by atoms with Gasteiger partial charge < -0.3 is 10.2 Å². The van der Waals surface area contributed by atoms with Crippen molar-refractivity contribution in [3.63, 3.8) is 0 Å². The van der Waals surface area contributed by atoms with Gasteiger partial charge in [-0.05, 0) is 44.2 Å². The number of anilines is 1. The summed E-state index contributed by atoms with van der Waals surface area (Å²) in [6, 6.07) is 10.2. The molecule has 5 heteroatoms. The molecule has 2 aromatic rings. The van der Waals surface area contributed by atoms with Crippen LogP contribution in [0.5, 0.6) is 0 Å². The highest BCUT2D eigenvalue weighted by molar-refractivity contribution is 5.79. The third-order valence-corrected chi connectivity index (χ3v) is 5.13. The number of hydrogen-bond acceptors (Lipinski definition) is 4. The minimum atomic E-state index is 0.117. The second kappa shape index (κ2) is 8.98. The first-order valence-electron chi connectivity index (χ1n) is 9.95. The first-order chi connectivity index (χ1) is 13.0. The van der Waals surface area contributed by atoms with E-state index in [1.54, 1.807) is 0 Å². The molecule has 0 atom stereocenters. The Morgan fingerprint density at radius 1 is 1.26 bits per heavy atom. The highest BCUT2D eigenvalue weighted by Crippen LogP contribution is 2.24. The van der Waals surface area contributed by atoms with Gasteiger partial charge in [0.05, 0.1) is 0 Å². The van der Waals surface area contributed by atoms with Crippen molar-refractivity contribution in [3.8, 4) is 11.4 Å². The second-order valence-electron chi connectivity index (χ2n) is 7.84. The molecule has 1 fully saturated rings. The zero-order chi connectivity index (χ0) is 19.2. The average Bonchev–Trinajstić information content (AvgIpc) is 2.68. The van der Waals surface area contributed by atoms with Crippen LogP contribution in [0.1, 0.15) is 38.7 Å². The molecule has 0 saturated carbocycles. The lowest BCUT2D eigenvalue weighted by Gasteiger charge is -2.32. The number of aromatic nitrogens is 2. The number of amides is 1. The van der Waals surface area contributed by atoms with Gasteiger partial charge in [-0.25, -0.2) is 9.97 Å². The molecule has 1 aliphatic rings. The Morgan fingerprint density at radius 3 is 2.74 bits per heavy atom. The molecule has 0 unspecified atom stereocenters. The summed E-state index contributed by atoms with van der Waals surface area (Å²) in [5.41, 5.74) is 2.24. The predicted molar refractivity (Wildman–Crippen MR) is 110 cm³/mol. The van der Waals surface area contributed by atoms with Gasteiger partial charge in [-0.15, -0.1) is 0 Å². The maximum Gasteiger partial charge on any atom is 0.223 e. The Labute approximate surface area is 162 Å². The molecule has 1 N–H and O–H groups in total. The standard InChI is InChI=1S/C22H30N4O/c1-16(2)7-11-24-22(27)18-9-13-26(14-10-18)20-8-12-23-21(25-20)19-6-4-5-17(3)15-19/h4-6,8,12,15-16,18H,7,9-11,13-14H2,1-3H3,(H,24,27). The Hall–Kier alpha value is -2.43. The zero-order valence-corrected chi connectivity index (χ0v) is 16.6. The SMILES string of the molecule is Cc1cccc(-c2nccc(N3CCC(C(=O)NCCC(C)C)CC3)n2)c1. The summed E-state index contributed by atoms with van der Waals surface area (Å²) in [5.74, 6) is 2.64. The summed E-state index contributed by atoms with van der Waals surface area (Å²) < 4.78 is 0. The van der Waals surface area contributed by atoms with E-state index < -0.39 is 0 Å². The number of rotatable bonds is 6. The topological polar surface area (TPSA) is 58.1 Å². The van der Waals surface area contributed by atoms with Crippen LogP contribution in [0, 0.1) is 18.8 Å². The molecule has 0 bridgehead atoms. The first-order valence-corrected chi connectivity index (χ1v) is 9.95. The van der Waals surface area contributed by atoms with E-state index in [4.69, 9.17) is 4.98 Å². The minimum Gasteiger partial charge on any atom is -0.356 e. The first kappa shape index (κ1) is 19.3. The largest absolute Gasteiger partial charge is 0.356 e. The van der Waals surface area contributed by atoms with Crippen molar-refractivity contribution in [2.45, 2.75) is 40.0 Å². The molecule has 1 aliphatic heterocycles. The third kappa shape index (κ3) is 5.28. The number of carbonyl (C=O) groups excluding carboxylic acids is 1. The molecule has 1 aromatic carbocycles. The van der Waals surface area contributed by atoms with Crippen LogP contribution in [-0.4, -0.2) is 35.5 Å². The number of nitrogens with zero attached hydrogens (tertiary/aromatic N) is 3. The summed E-state index contributed by atoms with van der Waals surface area (Å²) in [7, 11) is 0. The average molecular weight is 367 g/mol. The van der Waals surface area contributed by atoms with Crippen LogP contribution in [0.25, 0.3) is 11.4 Å². The van der Waals surface area contributed by atoms with Crippen LogP contribution < -0.4 is 10.2 Å². The van der Waals surface area contributed by atoms with Gasteiger partial charge >= 0.3 is 0 Å². The molecule has 144 valence electrons. The molecule has 1 aromatic heterocycles. The van der Waals surface area contributed by atoms with Gasteiger partial charge in [0.15, 0.2) is 5.82 Å². The fourth-order valence-corrected chi connectivity index (χ4v) is 3.45. The quantitative estimate of drug-likeness (QED) is 0.844. The van der Waals surface area contributed by atoms with Crippen molar-refractivity contribution >= 4 is 11.7 Å². The molecule has 0 spiro atoms. The lowest BCUT2D eigenvalue weighted by molar-refractivity contribution is -0.125. The predicted octanol–water partition coefficient (Wildman–Crippen LogP) is 3.83. The van der Waals surface area contributed by atoms with E-state index in [0.717, 1.165) is 56.1 Å². The van der Waals surface area contributed by atoms with Gasteiger partial charge in [0.2, 0.25) is 5.91 Å². The van der Waals surface area contributed by atoms with E-state index in [-0.39, 0.29) is 11.8 Å². The molecule has 3 rings (SSSR count). The summed E-state index contributed by atoms with van der Waals surface area (Å²) in [5, 5.41) is 3.09. The van der Waals surface area contributed by atoms with Gasteiger partial charge in [0, 0.05) is 37.3 Å². The molecule has 1 amide bonds. The molecule has 5 nitrogen and oxygen atoms in total. The van der Waals surface area contributed by atoms with Crippen LogP contribution in [-0.2, 0) is 4.79 Å². The molecule has 2 heterocycles. The second-order valence-corrected chi connectivity index (χ2v) is 7.84. The Balaban J connectivity index is 1.58. The minimum absolute atomic E-state index is 0.117. The van der Waals surface area contributed by atoms with E-state index in [1.807, 2.05) is 24.4 Å². The lowest BCUT2D eigenvalue weighted by Crippen LogP contribution is -2.41. The van der Waals surface area contributed by atoms with Gasteiger partial charge in [0.1, 0.15) is 5.82 Å². The monoisotopic (exact) mass is 366 g/mol. The Bertz CT molecular complexity index is 766. The number of carbonyl (C=O) groups is 1. The molecule has 0 aliphatic carbocycles. The van der Waals surface area contributed by atoms with Gasteiger partial charge in [-0.2, -0.15) is 0 Å². The number of benzene rings is 1. The van der Waals surface area contributed by atoms with Crippen LogP contribution in [0.15, 0.2) is 36.5 Å². The summed E-state index contributed by atoms with van der Waals surface area (Å²) in [4.78, 5) is 23.8. The van der Waals surface area contributed by atoms with Crippen molar-refractivity contribution in [2.75, 3.05) is 24.5 Å². The van der Waals surface area contributed by atoms with Gasteiger partial charge in [-0.3, -0.25) is 4.79 Å². The van der Waals surface area contributed by atoms with Gasteiger partial charge in [-0.1, -0.05) is 37.6 Å². The molecular formula is C22H30N4O. The van der Waals surface area contributed by atoms with Crippen molar-refractivity contribution in [1.29, 1.82) is 0 Å².